The summed E-state index contributed by atoms with van der Waals surface area (Å²) in [6, 6.07) is 7.08. The molecular weight excluding hydrogens is 405 g/mol. The van der Waals surface area contributed by atoms with Crippen LogP contribution in [0.15, 0.2) is 48.9 Å². The van der Waals surface area contributed by atoms with Gasteiger partial charge in [0.05, 0.1) is 23.6 Å². The third-order valence-corrected chi connectivity index (χ3v) is 5.19. The molecule has 31 heavy (non-hydrogen) atoms. The summed E-state index contributed by atoms with van der Waals surface area (Å²) in [5.74, 6) is -1.02. The van der Waals surface area contributed by atoms with Crippen LogP contribution < -0.4 is 5.32 Å². The zero-order valence-corrected chi connectivity index (χ0v) is 16.5. The predicted molar refractivity (Wildman–Crippen MR) is 111 cm³/mol. The Morgan fingerprint density at radius 1 is 1.06 bits per heavy atom. The normalized spacial score (nSPS) is 11.5. The number of aryl methyl sites for hydroxylation is 1. The Kier molecular flexibility index (Phi) is 4.58. The number of anilines is 1. The van der Waals surface area contributed by atoms with E-state index in [1.54, 1.807) is 29.0 Å². The molecule has 0 unspecified atom stereocenters. The molecule has 0 amide bonds. The van der Waals surface area contributed by atoms with Crippen molar-refractivity contribution < 1.29 is 13.2 Å². The number of pyridine rings is 1. The van der Waals surface area contributed by atoms with Crippen LogP contribution in [0, 0.1) is 24.4 Å². The van der Waals surface area contributed by atoms with E-state index in [0.29, 0.717) is 46.6 Å². The van der Waals surface area contributed by atoms with Gasteiger partial charge in [0.25, 0.3) is 0 Å². The maximum Gasteiger partial charge on any atom is 0.157 e. The smallest absolute Gasteiger partial charge is 0.157 e. The first-order chi connectivity index (χ1) is 15.0. The van der Waals surface area contributed by atoms with E-state index in [0.717, 1.165) is 23.5 Å². The van der Waals surface area contributed by atoms with E-state index in [1.165, 1.54) is 12.1 Å². The highest BCUT2D eigenvalue weighted by atomic mass is 19.1. The summed E-state index contributed by atoms with van der Waals surface area (Å²) in [4.78, 5) is 11.4. The van der Waals surface area contributed by atoms with Crippen molar-refractivity contribution >= 4 is 22.4 Å². The molecule has 5 rings (SSSR count). The number of H-pyrrole nitrogens is 1. The summed E-state index contributed by atoms with van der Waals surface area (Å²) in [7, 11) is 0. The Morgan fingerprint density at radius 3 is 2.77 bits per heavy atom. The van der Waals surface area contributed by atoms with Gasteiger partial charge in [0.1, 0.15) is 23.3 Å². The summed E-state index contributed by atoms with van der Waals surface area (Å²) in [6.07, 6.45) is 4.82. The van der Waals surface area contributed by atoms with Crippen LogP contribution in [0.1, 0.15) is 11.3 Å². The van der Waals surface area contributed by atoms with Crippen molar-refractivity contribution in [1.29, 1.82) is 0 Å². The fourth-order valence-electron chi connectivity index (χ4n) is 3.78. The molecule has 4 aromatic heterocycles. The minimum absolute atomic E-state index is 0.299. The quantitative estimate of drug-likeness (QED) is 0.433. The van der Waals surface area contributed by atoms with E-state index < -0.39 is 17.5 Å². The van der Waals surface area contributed by atoms with Gasteiger partial charge in [-0.3, -0.25) is 4.98 Å². The fourth-order valence-corrected chi connectivity index (χ4v) is 3.78. The van der Waals surface area contributed by atoms with Crippen LogP contribution in [0.25, 0.3) is 27.8 Å². The van der Waals surface area contributed by atoms with E-state index >= 15 is 0 Å². The van der Waals surface area contributed by atoms with Gasteiger partial charge in [-0.1, -0.05) is 0 Å². The number of rotatable bonds is 5. The van der Waals surface area contributed by atoms with Crippen LogP contribution in [-0.4, -0.2) is 31.1 Å². The van der Waals surface area contributed by atoms with Crippen molar-refractivity contribution in [2.45, 2.75) is 13.3 Å². The van der Waals surface area contributed by atoms with E-state index in [9.17, 15) is 13.2 Å². The summed E-state index contributed by atoms with van der Waals surface area (Å²) in [5, 5.41) is 8.11. The highest BCUT2D eigenvalue weighted by molar-refractivity contribution is 5.85. The largest absolute Gasteiger partial charge is 0.370 e. The third kappa shape index (κ3) is 3.48. The van der Waals surface area contributed by atoms with Gasteiger partial charge in [0, 0.05) is 47.6 Å². The number of nitrogens with zero attached hydrogens (tertiary/aromatic N) is 4. The Morgan fingerprint density at radius 2 is 1.94 bits per heavy atom. The minimum atomic E-state index is -0.613. The van der Waals surface area contributed by atoms with Crippen molar-refractivity contribution in [1.82, 2.24) is 24.6 Å². The van der Waals surface area contributed by atoms with Crippen LogP contribution in [0.5, 0.6) is 0 Å². The van der Waals surface area contributed by atoms with Crippen molar-refractivity contribution in [2.75, 3.05) is 11.9 Å². The second-order valence-corrected chi connectivity index (χ2v) is 7.24. The molecule has 0 fully saturated rings. The van der Waals surface area contributed by atoms with E-state index in [2.05, 4.69) is 25.4 Å². The highest BCUT2D eigenvalue weighted by Gasteiger charge is 2.14. The second kappa shape index (κ2) is 7.42. The molecule has 0 aliphatic rings. The minimum Gasteiger partial charge on any atom is -0.370 e. The molecule has 6 nitrogen and oxygen atoms in total. The van der Waals surface area contributed by atoms with Gasteiger partial charge in [-0.2, -0.15) is 9.61 Å². The summed E-state index contributed by atoms with van der Waals surface area (Å²) < 4.78 is 43.0. The molecule has 0 saturated carbocycles. The molecule has 0 radical (unpaired) electrons. The molecule has 0 atom stereocenters. The fraction of sp³-hybridized carbons (Fsp3) is 0.136. The highest BCUT2D eigenvalue weighted by Crippen LogP contribution is 2.27. The molecule has 1 aromatic carbocycles. The van der Waals surface area contributed by atoms with Crippen molar-refractivity contribution in [3.8, 4) is 11.3 Å². The van der Waals surface area contributed by atoms with Crippen molar-refractivity contribution in [3.63, 3.8) is 0 Å². The summed E-state index contributed by atoms with van der Waals surface area (Å²) >= 11 is 0. The predicted octanol–water partition coefficient (Wildman–Crippen LogP) is 4.65. The molecule has 0 aliphatic heterocycles. The lowest BCUT2D eigenvalue weighted by Gasteiger charge is -2.11. The van der Waals surface area contributed by atoms with Gasteiger partial charge in [0.15, 0.2) is 5.65 Å². The van der Waals surface area contributed by atoms with Crippen LogP contribution in [0.3, 0.4) is 0 Å². The molecular formula is C22H17F3N6. The number of nitrogens with one attached hydrogen (secondary N) is 2. The molecule has 5 aromatic rings. The summed E-state index contributed by atoms with van der Waals surface area (Å²) in [5.41, 5.74) is 3.61. The van der Waals surface area contributed by atoms with Crippen LogP contribution in [0.2, 0.25) is 0 Å². The SMILES string of the molecule is Cc1[nH]c2c(F)cc(F)cc2c1CCNc1cc(-c2cncc(F)c2)nc2ccnn12. The third-order valence-electron chi connectivity index (χ3n) is 5.19. The molecule has 0 spiro atoms. The number of hydrogen-bond acceptors (Lipinski definition) is 4. The number of aromatic amines is 1. The Hall–Kier alpha value is -3.88. The van der Waals surface area contributed by atoms with Crippen LogP contribution in [0.4, 0.5) is 19.0 Å². The van der Waals surface area contributed by atoms with E-state index in [4.69, 9.17) is 0 Å². The maximum absolute atomic E-state index is 14.1. The van der Waals surface area contributed by atoms with Gasteiger partial charge < -0.3 is 10.3 Å². The lowest BCUT2D eigenvalue weighted by Crippen LogP contribution is -2.10. The topological polar surface area (TPSA) is 70.9 Å². The number of benzene rings is 1. The number of hydrogen-bond donors (Lipinski definition) is 2. The second-order valence-electron chi connectivity index (χ2n) is 7.24. The standard InChI is InChI=1S/C22H17F3N6/c1-12-16(17-7-14(23)8-18(25)22(17)29-12)2-4-27-21-9-19(13-6-15(24)11-26-10-13)30-20-3-5-28-31(20)21/h3,5-11,27,29H,2,4H2,1H3. The van der Waals surface area contributed by atoms with Crippen molar-refractivity contribution in [2.24, 2.45) is 0 Å². The zero-order chi connectivity index (χ0) is 21.5. The number of fused-ring (bicyclic) bond motifs is 2. The summed E-state index contributed by atoms with van der Waals surface area (Å²) in [6.45, 7) is 2.31. The van der Waals surface area contributed by atoms with Gasteiger partial charge in [-0.05, 0) is 31.0 Å². The average Bonchev–Trinajstić information content (AvgIpc) is 3.33. The number of aromatic nitrogens is 5. The lowest BCUT2D eigenvalue weighted by atomic mass is 10.1. The van der Waals surface area contributed by atoms with E-state index in [-0.39, 0.29) is 0 Å². The molecule has 9 heteroatoms. The first kappa shape index (κ1) is 19.1. The number of halogens is 3. The van der Waals surface area contributed by atoms with Gasteiger partial charge in [0.2, 0.25) is 0 Å². The molecule has 0 bridgehead atoms. The first-order valence-corrected chi connectivity index (χ1v) is 9.65. The molecule has 156 valence electrons. The van der Waals surface area contributed by atoms with Crippen molar-refractivity contribution in [3.05, 3.63) is 77.6 Å². The molecule has 2 N–H and O–H groups in total. The van der Waals surface area contributed by atoms with Gasteiger partial charge in [-0.15, -0.1) is 0 Å². The first-order valence-electron chi connectivity index (χ1n) is 9.65. The Bertz CT molecular complexity index is 1420. The molecule has 0 saturated heterocycles. The molecule has 4 heterocycles. The maximum atomic E-state index is 14.1. The van der Waals surface area contributed by atoms with Crippen LogP contribution in [-0.2, 0) is 6.42 Å². The van der Waals surface area contributed by atoms with E-state index in [1.807, 2.05) is 6.92 Å². The lowest BCUT2D eigenvalue weighted by molar-refractivity contribution is 0.591. The zero-order valence-electron chi connectivity index (χ0n) is 16.5. The van der Waals surface area contributed by atoms with Gasteiger partial charge >= 0.3 is 0 Å². The monoisotopic (exact) mass is 422 g/mol. The average molecular weight is 422 g/mol. The van der Waals surface area contributed by atoms with Crippen LogP contribution >= 0.6 is 0 Å². The van der Waals surface area contributed by atoms with Gasteiger partial charge in [-0.25, -0.2) is 18.2 Å². The molecule has 0 aliphatic carbocycles. The Labute approximate surface area is 174 Å². The Balaban J connectivity index is 1.45.